The van der Waals surface area contributed by atoms with Crippen LogP contribution in [0.3, 0.4) is 0 Å². The number of carbonyl (C=O) groups is 3. The summed E-state index contributed by atoms with van der Waals surface area (Å²) in [5.41, 5.74) is -5.81. The third-order valence-corrected chi connectivity index (χ3v) is 4.18. The Hall–Kier alpha value is -1.93. The molecule has 27 heavy (non-hydrogen) atoms. The van der Waals surface area contributed by atoms with Crippen LogP contribution in [-0.2, 0) is 47.6 Å². The van der Waals surface area contributed by atoms with Crippen LogP contribution in [0.5, 0.6) is 0 Å². The standard InChI is InChI=1S/C13H17F3O10S/c1-5-9(23-6(2)17)10(26-27(20,21)13(14,15)16)11(24-7(3)18)12(22-5)25-8(4)19/h5,9-12H,1-4H3/t5-,9-,10+,11+,12?/m0/s1. The number of halogens is 3. The van der Waals surface area contributed by atoms with Crippen molar-refractivity contribution < 1.29 is 59.1 Å². The lowest BCUT2D eigenvalue weighted by molar-refractivity contribution is -0.286. The highest BCUT2D eigenvalue weighted by molar-refractivity contribution is 7.87. The summed E-state index contributed by atoms with van der Waals surface area (Å²) in [4.78, 5) is 33.8. The van der Waals surface area contributed by atoms with Crippen molar-refractivity contribution in [3.05, 3.63) is 0 Å². The fourth-order valence-electron chi connectivity index (χ4n) is 2.21. The van der Waals surface area contributed by atoms with E-state index >= 15 is 0 Å². The van der Waals surface area contributed by atoms with Gasteiger partial charge >= 0.3 is 33.5 Å². The number of alkyl halides is 3. The smallest absolute Gasteiger partial charge is 0.457 e. The molecule has 1 saturated heterocycles. The molecule has 1 aliphatic rings. The van der Waals surface area contributed by atoms with E-state index in [1.165, 1.54) is 6.92 Å². The molecule has 0 aliphatic carbocycles. The molecule has 0 aromatic rings. The molecule has 5 atom stereocenters. The highest BCUT2D eigenvalue weighted by atomic mass is 32.2. The van der Waals surface area contributed by atoms with Crippen LogP contribution < -0.4 is 0 Å². The molecule has 0 radical (unpaired) electrons. The fraction of sp³-hybridized carbons (Fsp3) is 0.769. The van der Waals surface area contributed by atoms with Crippen LogP contribution >= 0.6 is 0 Å². The summed E-state index contributed by atoms with van der Waals surface area (Å²) in [7, 11) is -6.19. The van der Waals surface area contributed by atoms with E-state index < -0.39 is 64.2 Å². The number of hydrogen-bond acceptors (Lipinski definition) is 10. The maximum atomic E-state index is 12.7. The molecule has 10 nitrogen and oxygen atoms in total. The van der Waals surface area contributed by atoms with Crippen LogP contribution in [0.2, 0.25) is 0 Å². The summed E-state index contributed by atoms with van der Waals surface area (Å²) < 4.78 is 84.7. The summed E-state index contributed by atoms with van der Waals surface area (Å²) in [6.07, 6.45) is -8.97. The average molecular weight is 422 g/mol. The molecule has 156 valence electrons. The molecule has 14 heteroatoms. The summed E-state index contributed by atoms with van der Waals surface area (Å²) in [6, 6.07) is 0. The van der Waals surface area contributed by atoms with E-state index in [0.29, 0.717) is 0 Å². The first kappa shape index (κ1) is 23.1. The quantitative estimate of drug-likeness (QED) is 0.265. The van der Waals surface area contributed by atoms with E-state index in [-0.39, 0.29) is 0 Å². The topological polar surface area (TPSA) is 132 Å². The summed E-state index contributed by atoms with van der Waals surface area (Å²) in [6.45, 7) is 3.89. The highest BCUT2D eigenvalue weighted by Crippen LogP contribution is 2.34. The Morgan fingerprint density at radius 2 is 1.30 bits per heavy atom. The van der Waals surface area contributed by atoms with Gasteiger partial charge < -0.3 is 18.9 Å². The van der Waals surface area contributed by atoms with Gasteiger partial charge in [0.1, 0.15) is 0 Å². The van der Waals surface area contributed by atoms with Crippen LogP contribution in [0.1, 0.15) is 27.7 Å². The zero-order chi connectivity index (χ0) is 21.2. The van der Waals surface area contributed by atoms with Gasteiger partial charge in [-0.2, -0.15) is 21.6 Å². The van der Waals surface area contributed by atoms with Crippen molar-refractivity contribution in [3.8, 4) is 0 Å². The molecule has 1 unspecified atom stereocenters. The molecule has 0 saturated carbocycles. The van der Waals surface area contributed by atoms with Crippen LogP contribution in [0.25, 0.3) is 0 Å². The predicted molar refractivity (Wildman–Crippen MR) is 77.1 cm³/mol. The largest absolute Gasteiger partial charge is 0.523 e. The summed E-state index contributed by atoms with van der Waals surface area (Å²) >= 11 is 0. The maximum Gasteiger partial charge on any atom is 0.523 e. The number of carbonyl (C=O) groups excluding carboxylic acids is 3. The van der Waals surface area contributed by atoms with Gasteiger partial charge in [0.25, 0.3) is 0 Å². The molecule has 0 aromatic heterocycles. The Morgan fingerprint density at radius 1 is 0.852 bits per heavy atom. The number of ether oxygens (including phenoxy) is 4. The Balaban J connectivity index is 3.39. The zero-order valence-electron chi connectivity index (χ0n) is 14.5. The minimum atomic E-state index is -6.19. The molecule has 1 heterocycles. The molecule has 0 bridgehead atoms. The van der Waals surface area contributed by atoms with Crippen molar-refractivity contribution in [2.75, 3.05) is 0 Å². The fourth-order valence-corrected chi connectivity index (χ4v) is 2.83. The normalized spacial score (nSPS) is 28.9. The Kier molecular flexibility index (Phi) is 7.18. The Bertz CT molecular complexity index is 689. The molecule has 1 aliphatic heterocycles. The van der Waals surface area contributed by atoms with Crippen LogP contribution in [0.4, 0.5) is 13.2 Å². The van der Waals surface area contributed by atoms with Gasteiger partial charge in [-0.05, 0) is 6.92 Å². The average Bonchev–Trinajstić information content (AvgIpc) is 2.44. The van der Waals surface area contributed by atoms with Crippen molar-refractivity contribution in [2.24, 2.45) is 0 Å². The lowest BCUT2D eigenvalue weighted by Crippen LogP contribution is -2.61. The molecule has 0 aromatic carbocycles. The Labute approximate surface area is 151 Å². The van der Waals surface area contributed by atoms with Crippen molar-refractivity contribution in [1.82, 2.24) is 0 Å². The molecule has 0 amide bonds. The van der Waals surface area contributed by atoms with Crippen molar-refractivity contribution >= 4 is 28.0 Å². The SMILES string of the molecule is CC(=O)OC1O[C@@H](C)[C@H](OC(C)=O)[C@@H](OS(=O)(=O)C(F)(F)F)[C@H]1OC(C)=O. The van der Waals surface area contributed by atoms with Crippen molar-refractivity contribution in [1.29, 1.82) is 0 Å². The second kappa shape index (κ2) is 8.39. The molecule has 1 rings (SSSR count). The first-order valence-corrected chi connectivity index (χ1v) is 8.73. The number of rotatable bonds is 5. The summed E-state index contributed by atoms with van der Waals surface area (Å²) in [5, 5.41) is 0. The summed E-state index contributed by atoms with van der Waals surface area (Å²) in [5.74, 6) is -3.04. The molecular weight excluding hydrogens is 405 g/mol. The van der Waals surface area contributed by atoms with Gasteiger partial charge in [0.15, 0.2) is 18.3 Å². The van der Waals surface area contributed by atoms with E-state index in [1.807, 2.05) is 0 Å². The second-order valence-corrected chi connectivity index (χ2v) is 6.99. The van der Waals surface area contributed by atoms with Crippen molar-refractivity contribution in [3.63, 3.8) is 0 Å². The monoisotopic (exact) mass is 422 g/mol. The number of hydrogen-bond donors (Lipinski definition) is 0. The van der Waals surface area contributed by atoms with Crippen LogP contribution in [-0.4, -0.2) is 62.5 Å². The minimum absolute atomic E-state index is 0.860. The van der Waals surface area contributed by atoms with Crippen LogP contribution in [0, 0.1) is 0 Å². The maximum absolute atomic E-state index is 12.7. The van der Waals surface area contributed by atoms with Gasteiger partial charge in [-0.3, -0.25) is 18.6 Å². The van der Waals surface area contributed by atoms with E-state index in [2.05, 4.69) is 4.18 Å². The minimum Gasteiger partial charge on any atom is -0.457 e. The van der Waals surface area contributed by atoms with E-state index in [4.69, 9.17) is 18.9 Å². The Morgan fingerprint density at radius 3 is 1.70 bits per heavy atom. The van der Waals surface area contributed by atoms with E-state index in [0.717, 1.165) is 20.8 Å². The molecule has 1 fully saturated rings. The van der Waals surface area contributed by atoms with Gasteiger partial charge in [0.2, 0.25) is 6.29 Å². The molecule has 0 spiro atoms. The van der Waals surface area contributed by atoms with Gasteiger partial charge in [0, 0.05) is 20.8 Å². The van der Waals surface area contributed by atoms with Crippen LogP contribution in [0.15, 0.2) is 0 Å². The zero-order valence-corrected chi connectivity index (χ0v) is 15.3. The predicted octanol–water partition coefficient (Wildman–Crippen LogP) is 0.392. The van der Waals surface area contributed by atoms with Gasteiger partial charge in [0.05, 0.1) is 6.10 Å². The van der Waals surface area contributed by atoms with E-state index in [1.54, 1.807) is 0 Å². The highest BCUT2D eigenvalue weighted by Gasteiger charge is 2.57. The van der Waals surface area contributed by atoms with Gasteiger partial charge in [-0.15, -0.1) is 0 Å². The third-order valence-electron chi connectivity index (χ3n) is 3.13. The number of esters is 3. The second-order valence-electron chi connectivity index (χ2n) is 5.43. The lowest BCUT2D eigenvalue weighted by atomic mass is 9.99. The third kappa shape index (κ3) is 6.04. The van der Waals surface area contributed by atoms with Crippen molar-refractivity contribution in [2.45, 2.75) is 63.9 Å². The van der Waals surface area contributed by atoms with E-state index in [9.17, 15) is 36.0 Å². The van der Waals surface area contributed by atoms with Gasteiger partial charge in [-0.25, -0.2) is 0 Å². The lowest BCUT2D eigenvalue weighted by Gasteiger charge is -2.42. The first-order valence-electron chi connectivity index (χ1n) is 7.32. The first-order chi connectivity index (χ1) is 12.2. The molecule has 0 N–H and O–H groups in total. The molecular formula is C13H17F3O10S. The van der Waals surface area contributed by atoms with Gasteiger partial charge in [-0.1, -0.05) is 0 Å².